The SMILES string of the molecule is O=C(Nc1ccccc1-n1ccnn1)c1ccc(-n2cncn2)nc1. The van der Waals surface area contributed by atoms with Crippen LogP contribution in [0.15, 0.2) is 67.6 Å². The molecular weight excluding hydrogens is 320 g/mol. The molecule has 0 unspecified atom stereocenters. The fraction of sp³-hybridized carbons (Fsp3) is 0. The summed E-state index contributed by atoms with van der Waals surface area (Å²) >= 11 is 0. The Bertz CT molecular complexity index is 977. The van der Waals surface area contributed by atoms with Crippen molar-refractivity contribution in [1.82, 2.24) is 34.7 Å². The first-order valence-electron chi connectivity index (χ1n) is 7.39. The minimum Gasteiger partial charge on any atom is -0.320 e. The van der Waals surface area contributed by atoms with Gasteiger partial charge in [-0.2, -0.15) is 5.10 Å². The molecule has 0 saturated carbocycles. The summed E-state index contributed by atoms with van der Waals surface area (Å²) in [6.07, 6.45) is 7.73. The van der Waals surface area contributed by atoms with Gasteiger partial charge in [-0.05, 0) is 24.3 Å². The van der Waals surface area contributed by atoms with Gasteiger partial charge in [0.1, 0.15) is 12.7 Å². The van der Waals surface area contributed by atoms with Crippen LogP contribution < -0.4 is 5.32 Å². The molecule has 1 aromatic carbocycles. The summed E-state index contributed by atoms with van der Waals surface area (Å²) in [4.78, 5) is 20.6. The van der Waals surface area contributed by atoms with Crippen LogP contribution in [-0.2, 0) is 0 Å². The molecule has 9 heteroatoms. The van der Waals surface area contributed by atoms with Crippen molar-refractivity contribution in [3.8, 4) is 11.5 Å². The molecule has 0 radical (unpaired) electrons. The fourth-order valence-electron chi connectivity index (χ4n) is 2.29. The molecule has 4 rings (SSSR count). The van der Waals surface area contributed by atoms with Crippen LogP contribution in [0.4, 0.5) is 5.69 Å². The summed E-state index contributed by atoms with van der Waals surface area (Å²) in [5.74, 6) is 0.308. The highest BCUT2D eigenvalue weighted by Gasteiger charge is 2.11. The lowest BCUT2D eigenvalue weighted by Gasteiger charge is -2.10. The number of anilines is 1. The lowest BCUT2D eigenvalue weighted by Crippen LogP contribution is -2.14. The van der Waals surface area contributed by atoms with E-state index < -0.39 is 0 Å². The Morgan fingerprint density at radius 2 is 2.00 bits per heavy atom. The molecular formula is C16H12N8O. The number of aromatic nitrogens is 7. The summed E-state index contributed by atoms with van der Waals surface area (Å²) in [5.41, 5.74) is 1.77. The van der Waals surface area contributed by atoms with Gasteiger partial charge in [0, 0.05) is 6.20 Å². The number of hydrogen-bond acceptors (Lipinski definition) is 6. The summed E-state index contributed by atoms with van der Waals surface area (Å²) in [6.45, 7) is 0. The van der Waals surface area contributed by atoms with Crippen molar-refractivity contribution in [2.24, 2.45) is 0 Å². The maximum absolute atomic E-state index is 12.5. The van der Waals surface area contributed by atoms with Crippen LogP contribution in [0.5, 0.6) is 0 Å². The van der Waals surface area contributed by atoms with E-state index in [1.807, 2.05) is 18.2 Å². The number of amides is 1. The molecule has 1 amide bonds. The second-order valence-corrected chi connectivity index (χ2v) is 5.06. The quantitative estimate of drug-likeness (QED) is 0.607. The van der Waals surface area contributed by atoms with E-state index in [2.05, 4.69) is 30.7 Å². The van der Waals surface area contributed by atoms with E-state index in [1.54, 1.807) is 35.3 Å². The van der Waals surface area contributed by atoms with Crippen LogP contribution in [0.3, 0.4) is 0 Å². The van der Waals surface area contributed by atoms with Crippen LogP contribution >= 0.6 is 0 Å². The van der Waals surface area contributed by atoms with Crippen LogP contribution in [0.1, 0.15) is 10.4 Å². The van der Waals surface area contributed by atoms with Gasteiger partial charge in [0.25, 0.3) is 5.91 Å². The number of nitrogens with zero attached hydrogens (tertiary/aromatic N) is 7. The molecule has 0 aliphatic heterocycles. The van der Waals surface area contributed by atoms with Crippen molar-refractivity contribution >= 4 is 11.6 Å². The normalized spacial score (nSPS) is 10.6. The third kappa shape index (κ3) is 2.98. The smallest absolute Gasteiger partial charge is 0.257 e. The van der Waals surface area contributed by atoms with Crippen molar-refractivity contribution in [3.05, 3.63) is 73.2 Å². The lowest BCUT2D eigenvalue weighted by molar-refractivity contribution is 0.102. The van der Waals surface area contributed by atoms with Crippen LogP contribution in [0.25, 0.3) is 11.5 Å². The zero-order valence-electron chi connectivity index (χ0n) is 12.9. The topological polar surface area (TPSA) is 103 Å². The Morgan fingerprint density at radius 1 is 1.08 bits per heavy atom. The summed E-state index contributed by atoms with van der Waals surface area (Å²) < 4.78 is 3.10. The van der Waals surface area contributed by atoms with Gasteiger partial charge in [-0.1, -0.05) is 17.3 Å². The van der Waals surface area contributed by atoms with Crippen molar-refractivity contribution in [1.29, 1.82) is 0 Å². The maximum atomic E-state index is 12.5. The average molecular weight is 332 g/mol. The first kappa shape index (κ1) is 14.7. The van der Waals surface area contributed by atoms with Crippen LogP contribution in [0.2, 0.25) is 0 Å². The molecule has 0 saturated heterocycles. The Morgan fingerprint density at radius 3 is 2.72 bits per heavy atom. The average Bonchev–Trinajstić information content (AvgIpc) is 3.36. The Labute approximate surface area is 142 Å². The largest absolute Gasteiger partial charge is 0.320 e. The van der Waals surface area contributed by atoms with E-state index in [4.69, 9.17) is 0 Å². The number of carbonyl (C=O) groups is 1. The van der Waals surface area contributed by atoms with E-state index in [1.165, 1.54) is 23.5 Å². The molecule has 0 bridgehead atoms. The van der Waals surface area contributed by atoms with E-state index in [9.17, 15) is 4.79 Å². The van der Waals surface area contributed by atoms with Crippen molar-refractivity contribution in [3.63, 3.8) is 0 Å². The fourth-order valence-corrected chi connectivity index (χ4v) is 2.29. The number of nitrogens with one attached hydrogen (secondary N) is 1. The van der Waals surface area contributed by atoms with Gasteiger partial charge in [0.15, 0.2) is 5.82 Å². The van der Waals surface area contributed by atoms with E-state index >= 15 is 0 Å². The van der Waals surface area contributed by atoms with E-state index in [0.717, 1.165) is 5.69 Å². The molecule has 122 valence electrons. The third-order valence-corrected chi connectivity index (χ3v) is 3.49. The molecule has 0 atom stereocenters. The molecule has 0 aliphatic carbocycles. The van der Waals surface area contributed by atoms with Gasteiger partial charge >= 0.3 is 0 Å². The molecule has 9 nitrogen and oxygen atoms in total. The van der Waals surface area contributed by atoms with E-state index in [-0.39, 0.29) is 5.91 Å². The Kier molecular flexibility index (Phi) is 3.71. The highest BCUT2D eigenvalue weighted by Crippen LogP contribution is 2.19. The summed E-state index contributed by atoms with van der Waals surface area (Å²) in [5, 5.41) is 14.6. The second-order valence-electron chi connectivity index (χ2n) is 5.06. The van der Waals surface area contributed by atoms with Crippen molar-refractivity contribution in [2.75, 3.05) is 5.32 Å². The standard InChI is InChI=1S/C16H12N8O/c25-16(12-5-6-15(18-9-12)24-11-17-10-20-24)21-13-3-1-2-4-14(13)23-8-7-19-22-23/h1-11H,(H,21,25). The molecule has 4 aromatic rings. The zero-order valence-corrected chi connectivity index (χ0v) is 12.9. The van der Waals surface area contributed by atoms with Gasteiger partial charge in [-0.3, -0.25) is 4.79 Å². The monoisotopic (exact) mass is 332 g/mol. The first-order valence-corrected chi connectivity index (χ1v) is 7.39. The number of rotatable bonds is 4. The first-order chi connectivity index (χ1) is 12.3. The van der Waals surface area contributed by atoms with Gasteiger partial charge in [0.05, 0.1) is 29.3 Å². The minimum atomic E-state index is -0.273. The predicted molar refractivity (Wildman–Crippen MR) is 88.5 cm³/mol. The van der Waals surface area contributed by atoms with E-state index in [0.29, 0.717) is 17.1 Å². The van der Waals surface area contributed by atoms with Gasteiger partial charge < -0.3 is 5.32 Å². The van der Waals surface area contributed by atoms with Gasteiger partial charge in [-0.15, -0.1) is 5.10 Å². The van der Waals surface area contributed by atoms with Crippen molar-refractivity contribution < 1.29 is 4.79 Å². The zero-order chi connectivity index (χ0) is 17.1. The second kappa shape index (κ2) is 6.32. The molecule has 3 aromatic heterocycles. The van der Waals surface area contributed by atoms with Gasteiger partial charge in [-0.25, -0.2) is 19.3 Å². The van der Waals surface area contributed by atoms with Crippen molar-refractivity contribution in [2.45, 2.75) is 0 Å². The predicted octanol–water partition coefficient (Wildman–Crippen LogP) is 1.50. The maximum Gasteiger partial charge on any atom is 0.257 e. The number of carbonyl (C=O) groups excluding carboxylic acids is 1. The lowest BCUT2D eigenvalue weighted by atomic mass is 10.2. The summed E-state index contributed by atoms with van der Waals surface area (Å²) in [7, 11) is 0. The van der Waals surface area contributed by atoms with Crippen LogP contribution in [0, 0.1) is 0 Å². The molecule has 25 heavy (non-hydrogen) atoms. The summed E-state index contributed by atoms with van der Waals surface area (Å²) in [6, 6.07) is 10.7. The molecule has 1 N–H and O–H groups in total. The number of benzene rings is 1. The number of para-hydroxylation sites is 2. The third-order valence-electron chi connectivity index (χ3n) is 3.49. The molecule has 0 fully saturated rings. The van der Waals surface area contributed by atoms with Crippen LogP contribution in [-0.4, -0.2) is 40.6 Å². The molecule has 0 aliphatic rings. The Hall–Kier alpha value is -3.88. The highest BCUT2D eigenvalue weighted by molar-refractivity contribution is 6.05. The number of hydrogen-bond donors (Lipinski definition) is 1. The minimum absolute atomic E-state index is 0.273. The number of pyridine rings is 1. The Balaban J connectivity index is 1.57. The van der Waals surface area contributed by atoms with Gasteiger partial charge in [0.2, 0.25) is 0 Å². The molecule has 0 spiro atoms. The molecule has 3 heterocycles. The highest BCUT2D eigenvalue weighted by atomic mass is 16.1.